The molecule has 1 aromatic heterocycles. The van der Waals surface area contributed by atoms with Crippen LogP contribution in [-0.2, 0) is 11.3 Å². The molecule has 0 aromatic carbocycles. The molecule has 1 aromatic rings. The lowest BCUT2D eigenvalue weighted by Crippen LogP contribution is -2.30. The highest BCUT2D eigenvalue weighted by molar-refractivity contribution is 7.09. The Morgan fingerprint density at radius 1 is 1.64 bits per heavy atom. The summed E-state index contributed by atoms with van der Waals surface area (Å²) in [6.45, 7) is 4.48. The smallest absolute Gasteiger partial charge is 0.0897 e. The molecule has 80 valence electrons. The molecular weight excluding hydrogens is 198 g/mol. The SMILES string of the molecule is CCNCC(O)COCc1cccs1. The highest BCUT2D eigenvalue weighted by Gasteiger charge is 2.03. The van der Waals surface area contributed by atoms with Gasteiger partial charge in [-0.3, -0.25) is 0 Å². The van der Waals surface area contributed by atoms with Crippen molar-refractivity contribution < 1.29 is 9.84 Å². The molecule has 4 heteroatoms. The van der Waals surface area contributed by atoms with E-state index in [-0.39, 0.29) is 0 Å². The van der Waals surface area contributed by atoms with Crippen molar-refractivity contribution in [2.24, 2.45) is 0 Å². The Balaban J connectivity index is 2.03. The molecule has 0 radical (unpaired) electrons. The second kappa shape index (κ2) is 6.95. The van der Waals surface area contributed by atoms with E-state index in [1.807, 2.05) is 24.4 Å². The molecule has 0 saturated heterocycles. The molecule has 0 aliphatic heterocycles. The Morgan fingerprint density at radius 3 is 3.14 bits per heavy atom. The van der Waals surface area contributed by atoms with Gasteiger partial charge in [-0.05, 0) is 18.0 Å². The van der Waals surface area contributed by atoms with E-state index in [0.717, 1.165) is 6.54 Å². The Morgan fingerprint density at radius 2 is 2.50 bits per heavy atom. The molecule has 3 nitrogen and oxygen atoms in total. The third-order valence-electron chi connectivity index (χ3n) is 1.76. The van der Waals surface area contributed by atoms with Gasteiger partial charge < -0.3 is 15.2 Å². The zero-order valence-corrected chi connectivity index (χ0v) is 9.22. The molecule has 0 fully saturated rings. The maximum Gasteiger partial charge on any atom is 0.0897 e. The van der Waals surface area contributed by atoms with E-state index in [1.165, 1.54) is 4.88 Å². The predicted molar refractivity (Wildman–Crippen MR) is 58.5 cm³/mol. The van der Waals surface area contributed by atoms with Gasteiger partial charge in [0.25, 0.3) is 0 Å². The average molecular weight is 215 g/mol. The van der Waals surface area contributed by atoms with Gasteiger partial charge in [-0.15, -0.1) is 11.3 Å². The highest BCUT2D eigenvalue weighted by atomic mass is 32.1. The highest BCUT2D eigenvalue weighted by Crippen LogP contribution is 2.09. The first-order valence-electron chi connectivity index (χ1n) is 4.81. The molecule has 0 saturated carbocycles. The van der Waals surface area contributed by atoms with Gasteiger partial charge >= 0.3 is 0 Å². The number of thiophene rings is 1. The van der Waals surface area contributed by atoms with E-state index in [2.05, 4.69) is 5.32 Å². The molecule has 1 heterocycles. The Kier molecular flexibility index (Phi) is 5.78. The second-order valence-electron chi connectivity index (χ2n) is 3.06. The molecule has 1 rings (SSSR count). The summed E-state index contributed by atoms with van der Waals surface area (Å²) in [5.74, 6) is 0. The molecule has 0 aliphatic rings. The lowest BCUT2D eigenvalue weighted by Gasteiger charge is -2.10. The van der Waals surface area contributed by atoms with Crippen LogP contribution in [0.5, 0.6) is 0 Å². The van der Waals surface area contributed by atoms with Crippen LogP contribution in [0, 0.1) is 0 Å². The van der Waals surface area contributed by atoms with E-state index in [0.29, 0.717) is 19.8 Å². The first-order chi connectivity index (χ1) is 6.83. The average Bonchev–Trinajstić information content (AvgIpc) is 2.67. The summed E-state index contributed by atoms with van der Waals surface area (Å²) in [6.07, 6.45) is -0.407. The summed E-state index contributed by atoms with van der Waals surface area (Å²) in [5.41, 5.74) is 0. The minimum Gasteiger partial charge on any atom is -0.389 e. The minimum absolute atomic E-state index is 0.394. The van der Waals surface area contributed by atoms with Gasteiger partial charge in [0.1, 0.15) is 0 Å². The van der Waals surface area contributed by atoms with Crippen LogP contribution in [0.25, 0.3) is 0 Å². The van der Waals surface area contributed by atoms with Crippen LogP contribution >= 0.6 is 11.3 Å². The van der Waals surface area contributed by atoms with Crippen molar-refractivity contribution in [3.05, 3.63) is 22.4 Å². The molecule has 0 aliphatic carbocycles. The lowest BCUT2D eigenvalue weighted by atomic mass is 10.4. The van der Waals surface area contributed by atoms with Gasteiger partial charge in [0.15, 0.2) is 0 Å². The van der Waals surface area contributed by atoms with Crippen LogP contribution in [0.15, 0.2) is 17.5 Å². The quantitative estimate of drug-likeness (QED) is 0.719. The normalized spacial score (nSPS) is 13.0. The number of hydrogen-bond donors (Lipinski definition) is 2. The number of ether oxygens (including phenoxy) is 1. The molecule has 0 bridgehead atoms. The third-order valence-corrected chi connectivity index (χ3v) is 2.61. The topological polar surface area (TPSA) is 41.5 Å². The van der Waals surface area contributed by atoms with E-state index in [1.54, 1.807) is 11.3 Å². The first kappa shape index (κ1) is 11.7. The molecule has 14 heavy (non-hydrogen) atoms. The molecule has 1 unspecified atom stereocenters. The van der Waals surface area contributed by atoms with E-state index >= 15 is 0 Å². The number of likely N-dealkylation sites (N-methyl/N-ethyl adjacent to an activating group) is 1. The number of rotatable bonds is 7. The summed E-state index contributed by atoms with van der Waals surface area (Å²) in [5, 5.41) is 14.5. The maximum absolute atomic E-state index is 9.42. The van der Waals surface area contributed by atoms with Gasteiger partial charge in [-0.2, -0.15) is 0 Å². The monoisotopic (exact) mass is 215 g/mol. The molecular formula is C10H17NO2S. The molecule has 2 N–H and O–H groups in total. The fourth-order valence-corrected chi connectivity index (χ4v) is 1.70. The van der Waals surface area contributed by atoms with Crippen molar-refractivity contribution in [2.45, 2.75) is 19.6 Å². The second-order valence-corrected chi connectivity index (χ2v) is 4.09. The van der Waals surface area contributed by atoms with E-state index in [4.69, 9.17) is 4.74 Å². The predicted octanol–water partition coefficient (Wildman–Crippen LogP) is 1.24. The summed E-state index contributed by atoms with van der Waals surface area (Å²) in [4.78, 5) is 1.20. The van der Waals surface area contributed by atoms with Gasteiger partial charge in [-0.25, -0.2) is 0 Å². The minimum atomic E-state index is -0.407. The number of aliphatic hydroxyl groups is 1. The Hall–Kier alpha value is -0.420. The fourth-order valence-electron chi connectivity index (χ4n) is 1.06. The Bertz CT molecular complexity index is 226. The van der Waals surface area contributed by atoms with Crippen LogP contribution in [0.2, 0.25) is 0 Å². The zero-order chi connectivity index (χ0) is 10.2. The van der Waals surface area contributed by atoms with Crippen molar-refractivity contribution in [1.82, 2.24) is 5.32 Å². The number of aliphatic hydroxyl groups excluding tert-OH is 1. The standard InChI is InChI=1S/C10H17NO2S/c1-2-11-6-9(12)7-13-8-10-4-3-5-14-10/h3-5,9,11-12H,2,6-8H2,1H3. The van der Waals surface area contributed by atoms with Crippen molar-refractivity contribution in [3.63, 3.8) is 0 Å². The van der Waals surface area contributed by atoms with Gasteiger partial charge in [0.05, 0.1) is 19.3 Å². The summed E-state index contributed by atoms with van der Waals surface area (Å²) in [6, 6.07) is 4.03. The van der Waals surface area contributed by atoms with Crippen LogP contribution in [0.4, 0.5) is 0 Å². The first-order valence-corrected chi connectivity index (χ1v) is 5.69. The van der Waals surface area contributed by atoms with Gasteiger partial charge in [0.2, 0.25) is 0 Å². The third kappa shape index (κ3) is 4.72. The van der Waals surface area contributed by atoms with Crippen LogP contribution in [-0.4, -0.2) is 30.9 Å². The summed E-state index contributed by atoms with van der Waals surface area (Å²) in [7, 11) is 0. The van der Waals surface area contributed by atoms with Crippen LogP contribution in [0.1, 0.15) is 11.8 Å². The molecule has 1 atom stereocenters. The van der Waals surface area contributed by atoms with Gasteiger partial charge in [-0.1, -0.05) is 13.0 Å². The number of hydrogen-bond acceptors (Lipinski definition) is 4. The van der Waals surface area contributed by atoms with Crippen LogP contribution < -0.4 is 5.32 Å². The Labute approximate surface area is 88.7 Å². The summed E-state index contributed by atoms with van der Waals surface area (Å²) < 4.78 is 5.36. The molecule has 0 amide bonds. The van der Waals surface area contributed by atoms with Crippen molar-refractivity contribution in [2.75, 3.05) is 19.7 Å². The van der Waals surface area contributed by atoms with E-state index < -0.39 is 6.10 Å². The maximum atomic E-state index is 9.42. The van der Waals surface area contributed by atoms with Crippen molar-refractivity contribution in [1.29, 1.82) is 0 Å². The van der Waals surface area contributed by atoms with Crippen LogP contribution in [0.3, 0.4) is 0 Å². The largest absolute Gasteiger partial charge is 0.389 e. The zero-order valence-electron chi connectivity index (χ0n) is 8.40. The van der Waals surface area contributed by atoms with E-state index in [9.17, 15) is 5.11 Å². The fraction of sp³-hybridized carbons (Fsp3) is 0.600. The van der Waals surface area contributed by atoms with Gasteiger partial charge in [0, 0.05) is 11.4 Å². The number of nitrogens with one attached hydrogen (secondary N) is 1. The molecule has 0 spiro atoms. The summed E-state index contributed by atoms with van der Waals surface area (Å²) >= 11 is 1.67. The van der Waals surface area contributed by atoms with Crippen molar-refractivity contribution in [3.8, 4) is 0 Å². The van der Waals surface area contributed by atoms with Crippen molar-refractivity contribution >= 4 is 11.3 Å². The lowest BCUT2D eigenvalue weighted by molar-refractivity contribution is 0.0301.